The number of nitrogens with zero attached hydrogens (tertiary/aromatic N) is 4. The second kappa shape index (κ2) is 8.25. The normalized spacial score (nSPS) is 10.9. The van der Waals surface area contributed by atoms with E-state index >= 15 is 0 Å². The van der Waals surface area contributed by atoms with Crippen molar-refractivity contribution >= 4 is 29.4 Å². The molecule has 126 valence electrons. The highest BCUT2D eigenvalue weighted by Gasteiger charge is 2.09. The van der Waals surface area contributed by atoms with Gasteiger partial charge in [-0.05, 0) is 34.2 Å². The number of rotatable bonds is 6. The van der Waals surface area contributed by atoms with Crippen molar-refractivity contribution in [3.63, 3.8) is 0 Å². The van der Waals surface area contributed by atoms with Crippen molar-refractivity contribution in [3.8, 4) is 5.69 Å². The Labute approximate surface area is 149 Å². The maximum Gasteiger partial charge on any atom is 0.221 e. The summed E-state index contributed by atoms with van der Waals surface area (Å²) < 4.78 is 1.66. The molecule has 1 aromatic heterocycles. The fourth-order valence-corrected chi connectivity index (χ4v) is 2.92. The second-order valence-electron chi connectivity index (χ2n) is 5.23. The van der Waals surface area contributed by atoms with Gasteiger partial charge < -0.3 is 5.32 Å². The summed E-state index contributed by atoms with van der Waals surface area (Å²) in [6.45, 7) is 1.48. The lowest BCUT2D eigenvalue weighted by molar-refractivity contribution is -0.114. The van der Waals surface area contributed by atoms with Crippen molar-refractivity contribution in [3.05, 3.63) is 66.2 Å². The van der Waals surface area contributed by atoms with E-state index in [1.807, 2.05) is 42.5 Å². The summed E-state index contributed by atoms with van der Waals surface area (Å²) >= 11 is 1.54. The quantitative estimate of drug-likeness (QED) is 0.689. The van der Waals surface area contributed by atoms with E-state index in [1.165, 1.54) is 6.92 Å². The predicted molar refractivity (Wildman–Crippen MR) is 99.7 cm³/mol. The van der Waals surface area contributed by atoms with Gasteiger partial charge in [-0.1, -0.05) is 60.3 Å². The smallest absolute Gasteiger partial charge is 0.221 e. The Morgan fingerprint density at radius 2 is 2.04 bits per heavy atom. The van der Waals surface area contributed by atoms with Crippen LogP contribution < -0.4 is 5.32 Å². The molecule has 0 unspecified atom stereocenters. The van der Waals surface area contributed by atoms with Crippen LogP contribution in [0.25, 0.3) is 11.8 Å². The molecular formula is C18H17N5OS. The molecule has 1 N–H and O–H groups in total. The van der Waals surface area contributed by atoms with Crippen LogP contribution in [0.4, 0.5) is 5.69 Å². The monoisotopic (exact) mass is 351 g/mol. The highest BCUT2D eigenvalue weighted by atomic mass is 32.2. The third-order valence-electron chi connectivity index (χ3n) is 3.27. The van der Waals surface area contributed by atoms with Gasteiger partial charge in [0.15, 0.2) is 0 Å². The van der Waals surface area contributed by atoms with E-state index in [9.17, 15) is 4.79 Å². The lowest BCUT2D eigenvalue weighted by Gasteiger charge is -2.06. The summed E-state index contributed by atoms with van der Waals surface area (Å²) in [7, 11) is 0. The minimum Gasteiger partial charge on any atom is -0.326 e. The summed E-state index contributed by atoms with van der Waals surface area (Å²) in [5, 5.41) is 15.3. The van der Waals surface area contributed by atoms with Crippen molar-refractivity contribution in [1.29, 1.82) is 0 Å². The number of hydrogen-bond donors (Lipinski definition) is 1. The van der Waals surface area contributed by atoms with E-state index in [2.05, 4.69) is 45.1 Å². The highest BCUT2D eigenvalue weighted by molar-refractivity contribution is 7.99. The average Bonchev–Trinajstić information content (AvgIpc) is 3.08. The average molecular weight is 351 g/mol. The Morgan fingerprint density at radius 3 is 2.84 bits per heavy atom. The number of carbonyl (C=O) groups excluding carboxylic acids is 1. The molecule has 0 aliphatic carbocycles. The van der Waals surface area contributed by atoms with Crippen LogP contribution in [0.2, 0.25) is 0 Å². The molecule has 0 radical (unpaired) electrons. The van der Waals surface area contributed by atoms with E-state index in [0.29, 0.717) is 10.8 Å². The molecule has 0 saturated carbocycles. The van der Waals surface area contributed by atoms with E-state index in [-0.39, 0.29) is 5.91 Å². The fourth-order valence-electron chi connectivity index (χ4n) is 2.22. The molecule has 0 spiro atoms. The molecule has 0 atom stereocenters. The minimum atomic E-state index is -0.116. The third-order valence-corrected chi connectivity index (χ3v) is 4.14. The Bertz CT molecular complexity index is 876. The molecule has 1 heterocycles. The number of carbonyl (C=O) groups is 1. The number of aromatic nitrogens is 4. The fraction of sp³-hybridized carbons (Fsp3) is 0.111. The molecule has 3 aromatic rings. The summed E-state index contributed by atoms with van der Waals surface area (Å²) in [4.78, 5) is 11.2. The van der Waals surface area contributed by atoms with Crippen molar-refractivity contribution in [2.75, 3.05) is 11.1 Å². The maximum absolute atomic E-state index is 11.2. The van der Waals surface area contributed by atoms with E-state index in [1.54, 1.807) is 16.4 Å². The van der Waals surface area contributed by atoms with Gasteiger partial charge in [-0.3, -0.25) is 4.79 Å². The molecule has 3 rings (SSSR count). The van der Waals surface area contributed by atoms with Crippen LogP contribution >= 0.6 is 11.8 Å². The van der Waals surface area contributed by atoms with Crippen molar-refractivity contribution in [1.82, 2.24) is 20.2 Å². The molecular weight excluding hydrogens is 334 g/mol. The van der Waals surface area contributed by atoms with E-state index in [4.69, 9.17) is 0 Å². The zero-order chi connectivity index (χ0) is 17.5. The molecule has 0 saturated heterocycles. The van der Waals surface area contributed by atoms with E-state index < -0.39 is 0 Å². The Kier molecular flexibility index (Phi) is 5.58. The molecule has 0 fully saturated rings. The SMILES string of the molecule is CC(=O)Nc1cccc(-n2nnnc2SC/C=C/c2ccccc2)c1. The van der Waals surface area contributed by atoms with Gasteiger partial charge in [0, 0.05) is 18.4 Å². The molecule has 2 aromatic carbocycles. The number of amides is 1. The third kappa shape index (κ3) is 4.77. The Balaban J connectivity index is 1.68. The Hall–Kier alpha value is -2.93. The van der Waals surface area contributed by atoms with Gasteiger partial charge in [0.25, 0.3) is 0 Å². The number of hydrogen-bond acceptors (Lipinski definition) is 5. The Morgan fingerprint density at radius 1 is 1.20 bits per heavy atom. The second-order valence-corrected chi connectivity index (χ2v) is 6.22. The van der Waals surface area contributed by atoms with Crippen LogP contribution in [-0.4, -0.2) is 31.9 Å². The van der Waals surface area contributed by atoms with Gasteiger partial charge in [-0.15, -0.1) is 5.10 Å². The van der Waals surface area contributed by atoms with Crippen LogP contribution in [0.1, 0.15) is 12.5 Å². The predicted octanol–water partition coefficient (Wildman–Crippen LogP) is 3.43. The number of tetrazole rings is 1. The molecule has 25 heavy (non-hydrogen) atoms. The highest BCUT2D eigenvalue weighted by Crippen LogP contribution is 2.20. The topological polar surface area (TPSA) is 72.7 Å². The van der Waals surface area contributed by atoms with Gasteiger partial charge in [-0.25, -0.2) is 0 Å². The van der Waals surface area contributed by atoms with Crippen molar-refractivity contribution in [2.45, 2.75) is 12.1 Å². The van der Waals surface area contributed by atoms with Crippen LogP contribution in [0.5, 0.6) is 0 Å². The van der Waals surface area contributed by atoms with Crippen LogP contribution in [0.3, 0.4) is 0 Å². The molecule has 6 nitrogen and oxygen atoms in total. The summed E-state index contributed by atoms with van der Waals surface area (Å²) in [6, 6.07) is 17.5. The maximum atomic E-state index is 11.2. The van der Waals surface area contributed by atoms with E-state index in [0.717, 1.165) is 17.0 Å². The van der Waals surface area contributed by atoms with Gasteiger partial charge in [-0.2, -0.15) is 4.68 Å². The van der Waals surface area contributed by atoms with Gasteiger partial charge in [0.05, 0.1) is 5.69 Å². The van der Waals surface area contributed by atoms with Crippen LogP contribution in [0.15, 0.2) is 65.8 Å². The van der Waals surface area contributed by atoms with Crippen molar-refractivity contribution < 1.29 is 4.79 Å². The number of thioether (sulfide) groups is 1. The largest absolute Gasteiger partial charge is 0.326 e. The molecule has 1 amide bonds. The van der Waals surface area contributed by atoms with Gasteiger partial charge in [0.2, 0.25) is 11.1 Å². The van der Waals surface area contributed by atoms with Crippen molar-refractivity contribution in [2.24, 2.45) is 0 Å². The lowest BCUT2D eigenvalue weighted by atomic mass is 10.2. The van der Waals surface area contributed by atoms with Gasteiger partial charge in [0.1, 0.15) is 0 Å². The standard InChI is InChI=1S/C18H17N5OS/c1-14(24)19-16-10-5-11-17(13-16)23-18(20-21-22-23)25-12-6-9-15-7-3-2-4-8-15/h2-11,13H,12H2,1H3,(H,19,24)/b9-6+. The first-order valence-electron chi connectivity index (χ1n) is 7.73. The zero-order valence-corrected chi connectivity index (χ0v) is 14.5. The number of benzene rings is 2. The summed E-state index contributed by atoms with van der Waals surface area (Å²) in [5.41, 5.74) is 2.66. The molecule has 0 bridgehead atoms. The summed E-state index contributed by atoms with van der Waals surface area (Å²) in [5.74, 6) is 0.634. The first-order valence-corrected chi connectivity index (χ1v) is 8.72. The number of anilines is 1. The van der Waals surface area contributed by atoms with Crippen LogP contribution in [0, 0.1) is 0 Å². The zero-order valence-electron chi connectivity index (χ0n) is 13.7. The molecule has 0 aliphatic rings. The first-order chi connectivity index (χ1) is 12.2. The molecule has 0 aliphatic heterocycles. The molecule has 7 heteroatoms. The number of nitrogens with one attached hydrogen (secondary N) is 1. The van der Waals surface area contributed by atoms with Crippen LogP contribution in [-0.2, 0) is 4.79 Å². The minimum absolute atomic E-state index is 0.116. The van der Waals surface area contributed by atoms with Gasteiger partial charge >= 0.3 is 0 Å². The summed E-state index contributed by atoms with van der Waals surface area (Å²) in [6.07, 6.45) is 4.14. The lowest BCUT2D eigenvalue weighted by Crippen LogP contribution is -2.07. The first kappa shape index (κ1) is 16.9.